The van der Waals surface area contributed by atoms with Crippen LogP contribution in [0.4, 0.5) is 0 Å². The van der Waals surface area contributed by atoms with E-state index in [1.165, 1.54) is 0 Å². The Bertz CT molecular complexity index is 611. The first-order valence-electron chi connectivity index (χ1n) is 6.98. The van der Waals surface area contributed by atoms with Gasteiger partial charge in [-0.2, -0.15) is 0 Å². The fraction of sp³-hybridized carbons (Fsp3) is 0.294. The maximum Gasteiger partial charge on any atom is 0.261 e. The zero-order valence-corrected chi connectivity index (χ0v) is 12.6. The third kappa shape index (κ3) is 4.31. The Hall–Kier alpha value is -2.36. The SMILES string of the molecule is Cc1ccc(C)c(O[C@@H](C)C(=O)NCc2ccccn2)c1. The molecule has 0 spiro atoms. The minimum absolute atomic E-state index is 0.151. The maximum atomic E-state index is 12.1. The van der Waals surface area contributed by atoms with Gasteiger partial charge in [-0.3, -0.25) is 9.78 Å². The zero-order valence-electron chi connectivity index (χ0n) is 12.6. The first-order chi connectivity index (χ1) is 10.1. The van der Waals surface area contributed by atoms with E-state index in [-0.39, 0.29) is 5.91 Å². The lowest BCUT2D eigenvalue weighted by Gasteiger charge is -2.16. The first-order valence-corrected chi connectivity index (χ1v) is 6.98. The van der Waals surface area contributed by atoms with Gasteiger partial charge in [0.15, 0.2) is 6.10 Å². The van der Waals surface area contributed by atoms with Gasteiger partial charge in [-0.15, -0.1) is 0 Å². The Balaban J connectivity index is 1.92. The fourth-order valence-electron chi connectivity index (χ4n) is 1.90. The molecule has 0 fully saturated rings. The van der Waals surface area contributed by atoms with E-state index in [1.807, 2.05) is 50.2 Å². The van der Waals surface area contributed by atoms with E-state index in [0.29, 0.717) is 6.54 Å². The van der Waals surface area contributed by atoms with Crippen molar-refractivity contribution in [2.75, 3.05) is 0 Å². The van der Waals surface area contributed by atoms with Crippen LogP contribution in [0, 0.1) is 13.8 Å². The summed E-state index contributed by atoms with van der Waals surface area (Å²) < 4.78 is 5.74. The molecule has 0 bridgehead atoms. The van der Waals surface area contributed by atoms with Gasteiger partial charge in [-0.1, -0.05) is 18.2 Å². The highest BCUT2D eigenvalue weighted by Crippen LogP contribution is 2.20. The van der Waals surface area contributed by atoms with Crippen molar-refractivity contribution in [3.8, 4) is 5.75 Å². The van der Waals surface area contributed by atoms with Crippen LogP contribution in [0.3, 0.4) is 0 Å². The Kier molecular flexibility index (Phi) is 4.93. The largest absolute Gasteiger partial charge is 0.481 e. The summed E-state index contributed by atoms with van der Waals surface area (Å²) in [7, 11) is 0. The van der Waals surface area contributed by atoms with Crippen LogP contribution >= 0.6 is 0 Å². The number of aromatic nitrogens is 1. The van der Waals surface area contributed by atoms with Crippen LogP contribution in [0.15, 0.2) is 42.6 Å². The molecule has 2 aromatic rings. The number of ether oxygens (including phenoxy) is 1. The Morgan fingerprint density at radius 3 is 2.81 bits per heavy atom. The van der Waals surface area contributed by atoms with Crippen LogP contribution in [0.5, 0.6) is 5.75 Å². The van der Waals surface area contributed by atoms with E-state index in [1.54, 1.807) is 13.1 Å². The molecule has 0 saturated carbocycles. The Labute approximate surface area is 125 Å². The lowest BCUT2D eigenvalue weighted by atomic mass is 10.1. The molecule has 1 heterocycles. The summed E-state index contributed by atoms with van der Waals surface area (Å²) in [6.45, 7) is 6.11. The van der Waals surface area contributed by atoms with Crippen LogP contribution in [-0.4, -0.2) is 17.0 Å². The van der Waals surface area contributed by atoms with E-state index in [9.17, 15) is 4.79 Å². The molecule has 1 aromatic heterocycles. The van der Waals surface area contributed by atoms with Crippen LogP contribution < -0.4 is 10.1 Å². The smallest absolute Gasteiger partial charge is 0.261 e. The number of carbonyl (C=O) groups is 1. The second kappa shape index (κ2) is 6.88. The highest BCUT2D eigenvalue weighted by atomic mass is 16.5. The molecule has 0 aliphatic rings. The van der Waals surface area contributed by atoms with Crippen molar-refractivity contribution in [1.82, 2.24) is 10.3 Å². The van der Waals surface area contributed by atoms with Crippen LogP contribution in [0.1, 0.15) is 23.7 Å². The highest BCUT2D eigenvalue weighted by Gasteiger charge is 2.15. The number of carbonyl (C=O) groups excluding carboxylic acids is 1. The third-order valence-electron chi connectivity index (χ3n) is 3.19. The van der Waals surface area contributed by atoms with Crippen LogP contribution in [0.25, 0.3) is 0 Å². The molecule has 21 heavy (non-hydrogen) atoms. The lowest BCUT2D eigenvalue weighted by molar-refractivity contribution is -0.127. The number of hydrogen-bond acceptors (Lipinski definition) is 3. The van der Waals surface area contributed by atoms with Crippen molar-refractivity contribution in [3.63, 3.8) is 0 Å². The number of rotatable bonds is 5. The van der Waals surface area contributed by atoms with Gasteiger partial charge in [0, 0.05) is 6.20 Å². The number of amides is 1. The predicted octanol–water partition coefficient (Wildman–Crippen LogP) is 2.78. The zero-order chi connectivity index (χ0) is 15.2. The minimum Gasteiger partial charge on any atom is -0.481 e. The third-order valence-corrected chi connectivity index (χ3v) is 3.19. The monoisotopic (exact) mass is 284 g/mol. The summed E-state index contributed by atoms with van der Waals surface area (Å²) in [5.41, 5.74) is 2.95. The van der Waals surface area contributed by atoms with Crippen molar-refractivity contribution < 1.29 is 9.53 Å². The van der Waals surface area contributed by atoms with Crippen LogP contribution in [-0.2, 0) is 11.3 Å². The molecule has 1 aromatic carbocycles. The molecule has 4 nitrogen and oxygen atoms in total. The molecule has 0 saturated heterocycles. The average molecular weight is 284 g/mol. The number of nitrogens with zero attached hydrogens (tertiary/aromatic N) is 1. The maximum absolute atomic E-state index is 12.1. The highest BCUT2D eigenvalue weighted by molar-refractivity contribution is 5.80. The lowest BCUT2D eigenvalue weighted by Crippen LogP contribution is -2.36. The summed E-state index contributed by atoms with van der Waals surface area (Å²) in [4.78, 5) is 16.2. The quantitative estimate of drug-likeness (QED) is 0.918. The molecule has 0 radical (unpaired) electrons. The van der Waals surface area contributed by atoms with Gasteiger partial charge < -0.3 is 10.1 Å². The summed E-state index contributed by atoms with van der Waals surface area (Å²) in [5, 5.41) is 2.83. The molecule has 110 valence electrons. The molecule has 2 rings (SSSR count). The first kappa shape index (κ1) is 15.0. The average Bonchev–Trinajstić information content (AvgIpc) is 2.49. The van der Waals surface area contributed by atoms with Crippen molar-refractivity contribution in [3.05, 3.63) is 59.4 Å². The molecule has 0 aliphatic heterocycles. The minimum atomic E-state index is -0.547. The van der Waals surface area contributed by atoms with Gasteiger partial charge in [0.25, 0.3) is 5.91 Å². The summed E-state index contributed by atoms with van der Waals surface area (Å²) >= 11 is 0. The predicted molar refractivity (Wildman–Crippen MR) is 82.1 cm³/mol. The van der Waals surface area contributed by atoms with E-state index < -0.39 is 6.10 Å². The number of hydrogen-bond donors (Lipinski definition) is 1. The Morgan fingerprint density at radius 2 is 2.10 bits per heavy atom. The topological polar surface area (TPSA) is 51.2 Å². The van der Waals surface area contributed by atoms with Crippen molar-refractivity contribution in [2.24, 2.45) is 0 Å². The number of nitrogens with one attached hydrogen (secondary N) is 1. The molecular formula is C17H20N2O2. The summed E-state index contributed by atoms with van der Waals surface area (Å²) in [6.07, 6.45) is 1.16. The van der Waals surface area contributed by atoms with Crippen molar-refractivity contribution in [1.29, 1.82) is 0 Å². The van der Waals surface area contributed by atoms with Gasteiger partial charge in [0.05, 0.1) is 12.2 Å². The van der Waals surface area contributed by atoms with E-state index in [2.05, 4.69) is 10.3 Å². The molecule has 4 heteroatoms. The molecular weight excluding hydrogens is 264 g/mol. The van der Waals surface area contributed by atoms with Crippen LogP contribution in [0.2, 0.25) is 0 Å². The Morgan fingerprint density at radius 1 is 1.29 bits per heavy atom. The van der Waals surface area contributed by atoms with E-state index in [4.69, 9.17) is 4.74 Å². The number of benzene rings is 1. The van der Waals surface area contributed by atoms with Gasteiger partial charge >= 0.3 is 0 Å². The van der Waals surface area contributed by atoms with Crippen molar-refractivity contribution >= 4 is 5.91 Å². The van der Waals surface area contributed by atoms with Gasteiger partial charge in [0.2, 0.25) is 0 Å². The van der Waals surface area contributed by atoms with Gasteiger partial charge in [-0.05, 0) is 50.1 Å². The van der Waals surface area contributed by atoms with E-state index in [0.717, 1.165) is 22.6 Å². The summed E-state index contributed by atoms with van der Waals surface area (Å²) in [6, 6.07) is 11.6. The van der Waals surface area contributed by atoms with Gasteiger partial charge in [0.1, 0.15) is 5.75 Å². The molecule has 1 atom stereocenters. The fourth-order valence-corrected chi connectivity index (χ4v) is 1.90. The summed E-state index contributed by atoms with van der Waals surface area (Å²) in [5.74, 6) is 0.594. The number of pyridine rings is 1. The second-order valence-corrected chi connectivity index (χ2v) is 5.07. The van der Waals surface area contributed by atoms with Gasteiger partial charge in [-0.25, -0.2) is 0 Å². The number of aryl methyl sites for hydroxylation is 2. The van der Waals surface area contributed by atoms with Crippen molar-refractivity contribution in [2.45, 2.75) is 33.4 Å². The molecule has 1 N–H and O–H groups in total. The normalized spacial score (nSPS) is 11.8. The standard InChI is InChI=1S/C17H20N2O2/c1-12-7-8-13(2)16(10-12)21-14(3)17(20)19-11-15-6-4-5-9-18-15/h4-10,14H,11H2,1-3H3,(H,19,20)/t14-/m0/s1. The molecule has 0 unspecified atom stereocenters. The second-order valence-electron chi connectivity index (χ2n) is 5.07. The molecule has 0 aliphatic carbocycles. The van der Waals surface area contributed by atoms with E-state index >= 15 is 0 Å². The molecule has 1 amide bonds.